The van der Waals surface area contributed by atoms with Gasteiger partial charge in [0.2, 0.25) is 0 Å². The predicted octanol–water partition coefficient (Wildman–Crippen LogP) is 4.70. The molecule has 0 saturated heterocycles. The van der Waals surface area contributed by atoms with E-state index in [0.717, 1.165) is 22.1 Å². The van der Waals surface area contributed by atoms with E-state index in [-0.39, 0.29) is 12.0 Å². The van der Waals surface area contributed by atoms with Gasteiger partial charge in [-0.1, -0.05) is 31.2 Å². The molecule has 1 unspecified atom stereocenters. The summed E-state index contributed by atoms with van der Waals surface area (Å²) in [6.45, 7) is 8.99. The summed E-state index contributed by atoms with van der Waals surface area (Å²) in [7, 11) is 0. The van der Waals surface area contributed by atoms with Crippen LogP contribution in [0.25, 0.3) is 16.5 Å². The first-order valence-corrected chi connectivity index (χ1v) is 7.99. The molecule has 2 aromatic rings. The lowest BCUT2D eigenvalue weighted by atomic mass is 9.96. The molecule has 0 saturated carbocycles. The number of hydrogen-bond donors (Lipinski definition) is 0. The highest BCUT2D eigenvalue weighted by Gasteiger charge is 2.28. The van der Waals surface area contributed by atoms with Gasteiger partial charge in [0, 0.05) is 24.0 Å². The zero-order chi connectivity index (χ0) is 16.6. The minimum atomic E-state index is -0.482. The number of ether oxygens (including phenoxy) is 1. The van der Waals surface area contributed by atoms with Gasteiger partial charge in [-0.25, -0.2) is 4.79 Å². The lowest BCUT2D eigenvalue weighted by Gasteiger charge is -2.32. The van der Waals surface area contributed by atoms with Crippen LogP contribution >= 0.6 is 0 Å². The molecule has 0 bridgehead atoms. The zero-order valence-electron chi connectivity index (χ0n) is 14.1. The summed E-state index contributed by atoms with van der Waals surface area (Å²) in [4.78, 5) is 14.2. The largest absolute Gasteiger partial charge is 0.464 e. The Balaban J connectivity index is 1.87. The maximum atomic E-state index is 12.4. The summed E-state index contributed by atoms with van der Waals surface area (Å²) in [5.74, 6) is 0.278. The number of furan rings is 1. The molecule has 1 aliphatic heterocycles. The Hall–Kier alpha value is -2.23. The Morgan fingerprint density at radius 2 is 2.04 bits per heavy atom. The topological polar surface area (TPSA) is 42.7 Å². The van der Waals surface area contributed by atoms with Crippen LogP contribution in [0.4, 0.5) is 4.79 Å². The number of amides is 1. The molecule has 1 amide bonds. The summed E-state index contributed by atoms with van der Waals surface area (Å²) in [6, 6.07) is 7.96. The summed E-state index contributed by atoms with van der Waals surface area (Å²) in [5.41, 5.74) is 2.55. The third kappa shape index (κ3) is 3.41. The van der Waals surface area contributed by atoms with E-state index in [2.05, 4.69) is 13.0 Å². The van der Waals surface area contributed by atoms with E-state index in [4.69, 9.17) is 9.15 Å². The molecule has 1 aromatic heterocycles. The van der Waals surface area contributed by atoms with Crippen molar-refractivity contribution in [3.63, 3.8) is 0 Å². The van der Waals surface area contributed by atoms with Gasteiger partial charge in [-0.05, 0) is 38.3 Å². The lowest BCUT2D eigenvalue weighted by molar-refractivity contribution is 0.0253. The Morgan fingerprint density at radius 3 is 2.78 bits per heavy atom. The number of carbonyl (C=O) groups is 1. The van der Waals surface area contributed by atoms with Crippen LogP contribution in [-0.2, 0) is 4.74 Å². The van der Waals surface area contributed by atoms with Gasteiger partial charge in [0.05, 0.1) is 6.26 Å². The van der Waals surface area contributed by atoms with Crippen LogP contribution in [-0.4, -0.2) is 29.7 Å². The molecule has 1 aromatic carbocycles. The molecule has 0 radical (unpaired) electrons. The first-order chi connectivity index (χ1) is 10.8. The number of nitrogens with zero attached hydrogens (tertiary/aromatic N) is 1. The monoisotopic (exact) mass is 313 g/mol. The molecule has 0 fully saturated rings. The average Bonchev–Trinajstić information content (AvgIpc) is 2.88. The van der Waals surface area contributed by atoms with Crippen molar-refractivity contribution in [2.24, 2.45) is 5.92 Å². The van der Waals surface area contributed by atoms with E-state index in [1.165, 1.54) is 0 Å². The highest BCUT2D eigenvalue weighted by Crippen LogP contribution is 2.31. The van der Waals surface area contributed by atoms with Crippen molar-refractivity contribution in [2.45, 2.75) is 33.3 Å². The molecular formula is C19H23NO3. The minimum Gasteiger partial charge on any atom is -0.464 e. The average molecular weight is 313 g/mol. The van der Waals surface area contributed by atoms with E-state index in [1.54, 1.807) is 11.2 Å². The molecule has 2 heterocycles. The van der Waals surface area contributed by atoms with E-state index in [1.807, 2.05) is 45.0 Å². The number of benzene rings is 1. The van der Waals surface area contributed by atoms with Gasteiger partial charge in [-0.3, -0.25) is 0 Å². The maximum Gasteiger partial charge on any atom is 0.410 e. The molecule has 23 heavy (non-hydrogen) atoms. The summed E-state index contributed by atoms with van der Waals surface area (Å²) >= 11 is 0. The van der Waals surface area contributed by atoms with E-state index < -0.39 is 5.60 Å². The molecule has 4 nitrogen and oxygen atoms in total. The number of rotatable bonds is 1. The first kappa shape index (κ1) is 15.7. The SMILES string of the molecule is CC1C=C(c2coc3ccccc23)CN(C(=O)OC(C)(C)C)C1. The van der Waals surface area contributed by atoms with E-state index in [9.17, 15) is 4.79 Å². The van der Waals surface area contributed by atoms with Gasteiger partial charge in [0.15, 0.2) is 0 Å². The van der Waals surface area contributed by atoms with Gasteiger partial charge < -0.3 is 14.1 Å². The van der Waals surface area contributed by atoms with Gasteiger partial charge in [0.1, 0.15) is 11.2 Å². The van der Waals surface area contributed by atoms with Crippen molar-refractivity contribution in [2.75, 3.05) is 13.1 Å². The summed E-state index contributed by atoms with van der Waals surface area (Å²) < 4.78 is 11.2. The third-order valence-corrected chi connectivity index (χ3v) is 3.83. The van der Waals surface area contributed by atoms with Gasteiger partial charge in [0.25, 0.3) is 0 Å². The van der Waals surface area contributed by atoms with Crippen molar-refractivity contribution >= 4 is 22.6 Å². The number of hydrogen-bond acceptors (Lipinski definition) is 3. The molecule has 1 aliphatic rings. The van der Waals surface area contributed by atoms with Gasteiger partial charge >= 0.3 is 6.09 Å². The van der Waals surface area contributed by atoms with Gasteiger partial charge in [-0.2, -0.15) is 0 Å². The smallest absolute Gasteiger partial charge is 0.410 e. The standard InChI is InChI=1S/C19H23NO3/c1-13-9-14(11-20(10-13)18(21)23-19(2,3)4)16-12-22-17-8-6-5-7-15(16)17/h5-9,12-13H,10-11H2,1-4H3. The van der Waals surface area contributed by atoms with Crippen molar-refractivity contribution in [3.05, 3.63) is 42.2 Å². The van der Waals surface area contributed by atoms with E-state index in [0.29, 0.717) is 13.1 Å². The lowest BCUT2D eigenvalue weighted by Crippen LogP contribution is -2.41. The van der Waals surface area contributed by atoms with Crippen LogP contribution < -0.4 is 0 Å². The Kier molecular flexibility index (Phi) is 3.92. The minimum absolute atomic E-state index is 0.261. The fourth-order valence-corrected chi connectivity index (χ4v) is 2.93. The Morgan fingerprint density at radius 1 is 1.30 bits per heavy atom. The second-order valence-electron chi connectivity index (χ2n) is 7.18. The molecule has 1 atom stereocenters. The Labute approximate surface area is 136 Å². The molecule has 3 rings (SSSR count). The summed E-state index contributed by atoms with van der Waals surface area (Å²) in [6.07, 6.45) is 3.74. The van der Waals surface area contributed by atoms with Crippen molar-refractivity contribution < 1.29 is 13.9 Å². The summed E-state index contributed by atoms with van der Waals surface area (Å²) in [5, 5.41) is 1.08. The van der Waals surface area contributed by atoms with Crippen LogP contribution in [0.5, 0.6) is 0 Å². The predicted molar refractivity (Wildman–Crippen MR) is 91.2 cm³/mol. The number of para-hydroxylation sites is 1. The van der Waals surface area contributed by atoms with Crippen LogP contribution in [0.2, 0.25) is 0 Å². The van der Waals surface area contributed by atoms with Crippen LogP contribution in [0.15, 0.2) is 41.0 Å². The van der Waals surface area contributed by atoms with Crippen molar-refractivity contribution in [1.82, 2.24) is 4.90 Å². The molecule has 0 N–H and O–H groups in total. The quantitative estimate of drug-likeness (QED) is 0.766. The van der Waals surface area contributed by atoms with Crippen LogP contribution in [0.3, 0.4) is 0 Å². The highest BCUT2D eigenvalue weighted by molar-refractivity contribution is 5.92. The Bertz CT molecular complexity index is 751. The fraction of sp³-hybridized carbons (Fsp3) is 0.421. The second-order valence-corrected chi connectivity index (χ2v) is 7.18. The fourth-order valence-electron chi connectivity index (χ4n) is 2.93. The molecule has 4 heteroatoms. The molecular weight excluding hydrogens is 290 g/mol. The molecule has 0 aliphatic carbocycles. The number of fused-ring (bicyclic) bond motifs is 1. The maximum absolute atomic E-state index is 12.4. The van der Waals surface area contributed by atoms with Crippen molar-refractivity contribution in [1.29, 1.82) is 0 Å². The molecule has 0 spiro atoms. The van der Waals surface area contributed by atoms with Crippen LogP contribution in [0, 0.1) is 5.92 Å². The third-order valence-electron chi connectivity index (χ3n) is 3.83. The normalized spacial score (nSPS) is 18.9. The van der Waals surface area contributed by atoms with Gasteiger partial charge in [-0.15, -0.1) is 0 Å². The van der Waals surface area contributed by atoms with Crippen LogP contribution in [0.1, 0.15) is 33.3 Å². The number of carbonyl (C=O) groups excluding carboxylic acids is 1. The zero-order valence-corrected chi connectivity index (χ0v) is 14.1. The first-order valence-electron chi connectivity index (χ1n) is 7.99. The van der Waals surface area contributed by atoms with Crippen molar-refractivity contribution in [3.8, 4) is 0 Å². The molecule has 122 valence electrons. The van der Waals surface area contributed by atoms with E-state index >= 15 is 0 Å². The second kappa shape index (κ2) is 5.76. The highest BCUT2D eigenvalue weighted by atomic mass is 16.6.